The van der Waals surface area contributed by atoms with Crippen molar-refractivity contribution in [2.75, 3.05) is 20.6 Å². The third-order valence-electron chi connectivity index (χ3n) is 4.18. The molecule has 0 saturated carbocycles. The van der Waals surface area contributed by atoms with Crippen molar-refractivity contribution in [1.29, 1.82) is 0 Å². The van der Waals surface area contributed by atoms with E-state index in [1.165, 1.54) is 0 Å². The van der Waals surface area contributed by atoms with E-state index < -0.39 is 0 Å². The van der Waals surface area contributed by atoms with Gasteiger partial charge in [-0.25, -0.2) is 0 Å². The van der Waals surface area contributed by atoms with Crippen LogP contribution in [-0.4, -0.2) is 41.6 Å². The van der Waals surface area contributed by atoms with Gasteiger partial charge in [-0.3, -0.25) is 9.89 Å². The number of rotatable bonds is 6. The number of aromatic amines is 1. The number of hydrogen-bond donors (Lipinski definition) is 2. The fraction of sp³-hybridized carbons (Fsp3) is 0.200. The normalized spacial score (nSPS) is 12.2. The van der Waals surface area contributed by atoms with Gasteiger partial charge < -0.3 is 10.2 Å². The Morgan fingerprint density at radius 3 is 2.44 bits per heavy atom. The van der Waals surface area contributed by atoms with Crippen molar-refractivity contribution in [3.05, 3.63) is 76.0 Å². The summed E-state index contributed by atoms with van der Waals surface area (Å²) in [5, 5.41) is 10.8. The first-order valence-electron chi connectivity index (χ1n) is 8.44. The van der Waals surface area contributed by atoms with Gasteiger partial charge in [0.1, 0.15) is 0 Å². The molecule has 2 N–H and O–H groups in total. The lowest BCUT2D eigenvalue weighted by molar-refractivity contribution is 0.0930. The van der Waals surface area contributed by atoms with E-state index in [-0.39, 0.29) is 11.9 Å². The first kappa shape index (κ1) is 19.4. The highest BCUT2D eigenvalue weighted by Crippen LogP contribution is 2.26. The number of halogens is 2. The van der Waals surface area contributed by atoms with Crippen LogP contribution in [0.1, 0.15) is 22.0 Å². The molecule has 0 radical (unpaired) electrons. The smallest absolute Gasteiger partial charge is 0.251 e. The number of benzene rings is 2. The fourth-order valence-electron chi connectivity index (χ4n) is 2.79. The van der Waals surface area contributed by atoms with E-state index in [0.29, 0.717) is 22.2 Å². The Morgan fingerprint density at radius 1 is 1.11 bits per heavy atom. The van der Waals surface area contributed by atoms with Crippen LogP contribution >= 0.6 is 23.2 Å². The quantitative estimate of drug-likeness (QED) is 0.641. The van der Waals surface area contributed by atoms with E-state index in [1.807, 2.05) is 43.4 Å². The van der Waals surface area contributed by atoms with Gasteiger partial charge in [-0.2, -0.15) is 5.10 Å². The Bertz CT molecular complexity index is 908. The van der Waals surface area contributed by atoms with Crippen molar-refractivity contribution in [3.63, 3.8) is 0 Å². The summed E-state index contributed by atoms with van der Waals surface area (Å²) in [6.07, 6.45) is 3.55. The highest BCUT2D eigenvalue weighted by atomic mass is 35.5. The Balaban J connectivity index is 1.78. The van der Waals surface area contributed by atoms with E-state index in [9.17, 15) is 4.79 Å². The van der Waals surface area contributed by atoms with Crippen LogP contribution in [0.4, 0.5) is 0 Å². The number of aromatic nitrogens is 2. The van der Waals surface area contributed by atoms with Crippen molar-refractivity contribution in [1.82, 2.24) is 20.4 Å². The van der Waals surface area contributed by atoms with Gasteiger partial charge in [-0.15, -0.1) is 0 Å². The zero-order chi connectivity index (χ0) is 19.4. The lowest BCUT2D eigenvalue weighted by Gasteiger charge is -2.23. The van der Waals surface area contributed by atoms with E-state index >= 15 is 0 Å². The molecule has 0 aliphatic heterocycles. The van der Waals surface area contributed by atoms with E-state index in [0.717, 1.165) is 16.7 Å². The number of amides is 1. The predicted octanol–water partition coefficient (Wildman–Crippen LogP) is 4.42. The van der Waals surface area contributed by atoms with Crippen molar-refractivity contribution in [2.24, 2.45) is 0 Å². The molecule has 1 unspecified atom stereocenters. The number of nitrogens with one attached hydrogen (secondary N) is 2. The molecule has 0 saturated heterocycles. The van der Waals surface area contributed by atoms with Gasteiger partial charge in [0.2, 0.25) is 0 Å². The Kier molecular flexibility index (Phi) is 6.16. The first-order chi connectivity index (χ1) is 12.9. The topological polar surface area (TPSA) is 61.0 Å². The monoisotopic (exact) mass is 402 g/mol. The summed E-state index contributed by atoms with van der Waals surface area (Å²) in [4.78, 5) is 14.8. The molecule has 0 aliphatic rings. The van der Waals surface area contributed by atoms with Crippen molar-refractivity contribution in [2.45, 2.75) is 6.04 Å². The molecule has 1 heterocycles. The number of likely N-dealkylation sites (N-methyl/N-ethyl adjacent to an activating group) is 1. The van der Waals surface area contributed by atoms with Crippen LogP contribution < -0.4 is 5.32 Å². The molecule has 140 valence electrons. The molecule has 1 atom stereocenters. The molecular weight excluding hydrogens is 383 g/mol. The molecule has 3 aromatic rings. The lowest BCUT2D eigenvalue weighted by Crippen LogP contribution is -2.35. The molecule has 1 aromatic heterocycles. The van der Waals surface area contributed by atoms with Crippen LogP contribution in [-0.2, 0) is 0 Å². The van der Waals surface area contributed by atoms with Gasteiger partial charge in [0.15, 0.2) is 0 Å². The summed E-state index contributed by atoms with van der Waals surface area (Å²) in [6.45, 7) is 0.636. The largest absolute Gasteiger partial charge is 0.344 e. The van der Waals surface area contributed by atoms with E-state index in [4.69, 9.17) is 23.2 Å². The molecule has 7 heteroatoms. The Labute approximate surface area is 168 Å². The molecule has 1 amide bonds. The Hall–Kier alpha value is -2.34. The maximum Gasteiger partial charge on any atom is 0.251 e. The predicted molar refractivity (Wildman–Crippen MR) is 109 cm³/mol. The SMILES string of the molecule is CN(C)CC(NC(=O)c1ccc(-c2cn[nH]c2)cc1)c1ccc(Cl)c(Cl)c1. The second-order valence-electron chi connectivity index (χ2n) is 6.53. The molecular formula is C20H20Cl2N4O. The molecule has 0 spiro atoms. The maximum absolute atomic E-state index is 12.8. The number of H-pyrrole nitrogens is 1. The first-order valence-corrected chi connectivity index (χ1v) is 9.19. The van der Waals surface area contributed by atoms with Crippen LogP contribution in [0.15, 0.2) is 54.9 Å². The Morgan fingerprint density at radius 2 is 1.85 bits per heavy atom. The third kappa shape index (κ3) is 4.89. The average molecular weight is 403 g/mol. The molecule has 0 fully saturated rings. The second-order valence-corrected chi connectivity index (χ2v) is 7.34. The highest BCUT2D eigenvalue weighted by molar-refractivity contribution is 6.42. The highest BCUT2D eigenvalue weighted by Gasteiger charge is 2.18. The van der Waals surface area contributed by atoms with Gasteiger partial charge in [0.05, 0.1) is 22.3 Å². The van der Waals surface area contributed by atoms with Crippen LogP contribution in [0.25, 0.3) is 11.1 Å². The van der Waals surface area contributed by atoms with Crippen molar-refractivity contribution >= 4 is 29.1 Å². The fourth-order valence-corrected chi connectivity index (χ4v) is 3.10. The average Bonchev–Trinajstić information content (AvgIpc) is 3.18. The summed E-state index contributed by atoms with van der Waals surface area (Å²) in [5.41, 5.74) is 3.46. The minimum atomic E-state index is -0.212. The number of carbonyl (C=O) groups is 1. The standard InChI is InChI=1S/C20H20Cl2N4O/c1-26(2)12-19(15-7-8-17(21)18(22)9-15)25-20(27)14-5-3-13(4-6-14)16-10-23-24-11-16/h3-11,19H,12H2,1-2H3,(H,23,24)(H,25,27). The summed E-state index contributed by atoms with van der Waals surface area (Å²) in [6, 6.07) is 12.6. The molecule has 5 nitrogen and oxygen atoms in total. The van der Waals surface area contributed by atoms with Crippen molar-refractivity contribution < 1.29 is 4.79 Å². The van der Waals surface area contributed by atoms with Gasteiger partial charge in [0, 0.05) is 23.9 Å². The molecule has 0 bridgehead atoms. The zero-order valence-electron chi connectivity index (χ0n) is 15.0. The zero-order valence-corrected chi connectivity index (χ0v) is 16.6. The molecule has 2 aromatic carbocycles. The summed E-state index contributed by atoms with van der Waals surface area (Å²) in [5.74, 6) is -0.147. The van der Waals surface area contributed by atoms with Crippen LogP contribution in [0, 0.1) is 0 Å². The van der Waals surface area contributed by atoms with E-state index in [2.05, 4.69) is 15.5 Å². The van der Waals surface area contributed by atoms with Gasteiger partial charge in [-0.1, -0.05) is 41.4 Å². The van der Waals surface area contributed by atoms with Crippen LogP contribution in [0.2, 0.25) is 10.0 Å². The minimum Gasteiger partial charge on any atom is -0.344 e. The summed E-state index contributed by atoms with van der Waals surface area (Å²) >= 11 is 12.2. The van der Waals surface area contributed by atoms with Gasteiger partial charge in [0.25, 0.3) is 5.91 Å². The summed E-state index contributed by atoms with van der Waals surface area (Å²) < 4.78 is 0. The lowest BCUT2D eigenvalue weighted by atomic mass is 10.0. The van der Waals surface area contributed by atoms with Gasteiger partial charge >= 0.3 is 0 Å². The second kappa shape index (κ2) is 8.57. The molecule has 27 heavy (non-hydrogen) atoms. The summed E-state index contributed by atoms with van der Waals surface area (Å²) in [7, 11) is 3.91. The van der Waals surface area contributed by atoms with Crippen LogP contribution in [0.5, 0.6) is 0 Å². The number of carbonyl (C=O) groups excluding carboxylic acids is 1. The molecule has 0 aliphatic carbocycles. The van der Waals surface area contributed by atoms with Crippen LogP contribution in [0.3, 0.4) is 0 Å². The van der Waals surface area contributed by atoms with Crippen molar-refractivity contribution in [3.8, 4) is 11.1 Å². The number of nitrogens with zero attached hydrogens (tertiary/aromatic N) is 2. The van der Waals surface area contributed by atoms with Gasteiger partial charge in [-0.05, 0) is 49.5 Å². The maximum atomic E-state index is 12.8. The number of hydrogen-bond acceptors (Lipinski definition) is 3. The molecule has 3 rings (SSSR count). The van der Waals surface area contributed by atoms with E-state index in [1.54, 1.807) is 30.5 Å². The third-order valence-corrected chi connectivity index (χ3v) is 4.92. The minimum absolute atomic E-state index is 0.147.